The third-order valence-electron chi connectivity index (χ3n) is 4.89. The van der Waals surface area contributed by atoms with E-state index in [1.165, 1.54) is 24.5 Å². The first kappa shape index (κ1) is 20.6. The van der Waals surface area contributed by atoms with Gasteiger partial charge in [-0.1, -0.05) is 17.7 Å². The van der Waals surface area contributed by atoms with Gasteiger partial charge in [0.1, 0.15) is 12.1 Å². The quantitative estimate of drug-likeness (QED) is 0.453. The number of aryl methyl sites for hydroxylation is 1. The molecule has 0 atom stereocenters. The van der Waals surface area contributed by atoms with Crippen molar-refractivity contribution in [3.63, 3.8) is 0 Å². The zero-order valence-corrected chi connectivity index (χ0v) is 17.4. The van der Waals surface area contributed by atoms with E-state index in [0.29, 0.717) is 17.0 Å². The maximum atomic E-state index is 14.0. The summed E-state index contributed by atoms with van der Waals surface area (Å²) in [6.45, 7) is 1.97. The van der Waals surface area contributed by atoms with Crippen LogP contribution in [0.5, 0.6) is 0 Å². The number of hydrogen-bond acceptors (Lipinski definition) is 4. The van der Waals surface area contributed by atoms with Crippen LogP contribution >= 0.6 is 11.6 Å². The third-order valence-corrected chi connectivity index (χ3v) is 5.13. The first-order chi connectivity index (χ1) is 15.0. The molecule has 7 heteroatoms. The molecule has 1 amide bonds. The zero-order chi connectivity index (χ0) is 21.8. The summed E-state index contributed by atoms with van der Waals surface area (Å²) in [6, 6.07) is 15.0. The minimum absolute atomic E-state index is 0.0374. The van der Waals surface area contributed by atoms with Crippen molar-refractivity contribution >= 4 is 23.2 Å². The van der Waals surface area contributed by atoms with Gasteiger partial charge in [-0.25, -0.2) is 14.4 Å². The summed E-state index contributed by atoms with van der Waals surface area (Å²) >= 11 is 5.91. The molecule has 0 saturated heterocycles. The maximum Gasteiger partial charge on any atom is 0.255 e. The molecule has 0 aliphatic heterocycles. The van der Waals surface area contributed by atoms with Crippen molar-refractivity contribution in [3.05, 3.63) is 107 Å². The van der Waals surface area contributed by atoms with Crippen LogP contribution in [0.4, 0.5) is 10.1 Å². The number of hydrogen-bond donors (Lipinski definition) is 1. The molecule has 2 heterocycles. The van der Waals surface area contributed by atoms with Crippen LogP contribution in [0.1, 0.15) is 27.2 Å². The Balaban J connectivity index is 1.62. The first-order valence-electron chi connectivity index (χ1n) is 9.57. The van der Waals surface area contributed by atoms with Gasteiger partial charge in [0, 0.05) is 35.0 Å². The summed E-state index contributed by atoms with van der Waals surface area (Å²) in [4.78, 5) is 25.5. The number of carbonyl (C=O) groups excluding carboxylic acids is 1. The Morgan fingerprint density at radius 2 is 1.94 bits per heavy atom. The lowest BCUT2D eigenvalue weighted by Crippen LogP contribution is -2.13. The van der Waals surface area contributed by atoms with Gasteiger partial charge < -0.3 is 5.32 Å². The van der Waals surface area contributed by atoms with Crippen LogP contribution in [-0.2, 0) is 6.42 Å². The highest BCUT2D eigenvalue weighted by molar-refractivity contribution is 6.31. The summed E-state index contributed by atoms with van der Waals surface area (Å²) in [5.41, 5.74) is 4.93. The third kappa shape index (κ3) is 4.75. The second-order valence-corrected chi connectivity index (χ2v) is 7.43. The molecule has 0 spiro atoms. The fraction of sp³-hybridized carbons (Fsp3) is 0.0833. The van der Waals surface area contributed by atoms with E-state index in [1.54, 1.807) is 24.5 Å². The van der Waals surface area contributed by atoms with Crippen LogP contribution in [0.2, 0.25) is 5.02 Å². The van der Waals surface area contributed by atoms with E-state index in [0.717, 1.165) is 28.1 Å². The second kappa shape index (κ2) is 9.02. The van der Waals surface area contributed by atoms with Gasteiger partial charge in [0.25, 0.3) is 5.91 Å². The molecule has 0 bridgehead atoms. The van der Waals surface area contributed by atoms with Gasteiger partial charge in [0.15, 0.2) is 0 Å². The monoisotopic (exact) mass is 432 g/mol. The number of rotatable bonds is 5. The molecule has 2 aromatic carbocycles. The van der Waals surface area contributed by atoms with Gasteiger partial charge >= 0.3 is 0 Å². The van der Waals surface area contributed by atoms with Crippen LogP contribution in [0.3, 0.4) is 0 Å². The lowest BCUT2D eigenvalue weighted by molar-refractivity contribution is 0.102. The van der Waals surface area contributed by atoms with E-state index >= 15 is 0 Å². The number of nitrogens with zero attached hydrogens (tertiary/aromatic N) is 3. The normalized spacial score (nSPS) is 10.7. The average Bonchev–Trinajstić information content (AvgIpc) is 2.78. The highest BCUT2D eigenvalue weighted by atomic mass is 35.5. The van der Waals surface area contributed by atoms with E-state index in [2.05, 4.69) is 20.3 Å². The van der Waals surface area contributed by atoms with Crippen molar-refractivity contribution < 1.29 is 9.18 Å². The molecule has 0 fully saturated rings. The molecule has 0 aliphatic rings. The standard InChI is InChI=1S/C24H18ClFN4O/c1-15-4-5-16(24(31)30-23-13-18(25)6-7-20(23)26)11-17(15)12-22-19(3-2-9-28-22)21-8-10-27-14-29-21/h2-11,13-14H,12H2,1H3,(H,30,31). The first-order valence-corrected chi connectivity index (χ1v) is 9.95. The number of carbonyl (C=O) groups is 1. The van der Waals surface area contributed by atoms with Gasteiger partial charge in [-0.15, -0.1) is 0 Å². The minimum atomic E-state index is -0.548. The van der Waals surface area contributed by atoms with Crippen LogP contribution in [0.15, 0.2) is 73.3 Å². The molecular weight excluding hydrogens is 415 g/mol. The molecule has 2 aromatic heterocycles. The van der Waals surface area contributed by atoms with Crippen molar-refractivity contribution in [3.8, 4) is 11.3 Å². The zero-order valence-electron chi connectivity index (χ0n) is 16.6. The van der Waals surface area contributed by atoms with Crippen LogP contribution in [0, 0.1) is 12.7 Å². The molecule has 0 aliphatic carbocycles. The van der Waals surface area contributed by atoms with Crippen molar-refractivity contribution in [2.75, 3.05) is 5.32 Å². The topological polar surface area (TPSA) is 67.8 Å². The minimum Gasteiger partial charge on any atom is -0.319 e. The summed E-state index contributed by atoms with van der Waals surface area (Å²) in [7, 11) is 0. The molecule has 0 saturated carbocycles. The van der Waals surface area contributed by atoms with Gasteiger partial charge in [-0.2, -0.15) is 0 Å². The Morgan fingerprint density at radius 3 is 2.74 bits per heavy atom. The predicted octanol–water partition coefficient (Wildman–Crippen LogP) is 5.48. The smallest absolute Gasteiger partial charge is 0.255 e. The van der Waals surface area contributed by atoms with E-state index in [4.69, 9.17) is 11.6 Å². The molecular formula is C24H18ClFN4O. The molecule has 4 rings (SSSR count). The Bertz CT molecular complexity index is 1250. The number of nitrogens with one attached hydrogen (secondary N) is 1. The number of aromatic nitrogens is 3. The Kier molecular flexibility index (Phi) is 6.00. The Labute approximate surface area is 184 Å². The van der Waals surface area contributed by atoms with Crippen molar-refractivity contribution in [2.24, 2.45) is 0 Å². The van der Waals surface area contributed by atoms with Crippen molar-refractivity contribution in [2.45, 2.75) is 13.3 Å². The van der Waals surface area contributed by atoms with Gasteiger partial charge in [0.2, 0.25) is 0 Å². The fourth-order valence-electron chi connectivity index (χ4n) is 3.23. The summed E-state index contributed by atoms with van der Waals surface area (Å²) in [5.74, 6) is -0.965. The summed E-state index contributed by atoms with van der Waals surface area (Å²) in [5, 5.41) is 2.93. The van der Waals surface area contributed by atoms with E-state index in [-0.39, 0.29) is 5.69 Å². The van der Waals surface area contributed by atoms with Crippen LogP contribution in [0.25, 0.3) is 11.3 Å². The lowest BCUT2D eigenvalue weighted by Gasteiger charge is -2.12. The Hall–Kier alpha value is -3.64. The van der Waals surface area contributed by atoms with E-state index in [1.807, 2.05) is 31.2 Å². The lowest BCUT2D eigenvalue weighted by atomic mass is 9.97. The highest BCUT2D eigenvalue weighted by Gasteiger charge is 2.14. The molecule has 0 unspecified atom stereocenters. The second-order valence-electron chi connectivity index (χ2n) is 6.99. The van der Waals surface area contributed by atoms with Crippen LogP contribution in [-0.4, -0.2) is 20.9 Å². The summed E-state index contributed by atoms with van der Waals surface area (Å²) < 4.78 is 14.0. The van der Waals surface area contributed by atoms with Gasteiger partial charge in [-0.05, 0) is 66.6 Å². The number of anilines is 1. The maximum absolute atomic E-state index is 14.0. The summed E-state index contributed by atoms with van der Waals surface area (Å²) in [6.07, 6.45) is 5.42. The van der Waals surface area contributed by atoms with Gasteiger partial charge in [0.05, 0.1) is 17.1 Å². The SMILES string of the molecule is Cc1ccc(C(=O)Nc2cc(Cl)ccc2F)cc1Cc1ncccc1-c1ccncn1. The Morgan fingerprint density at radius 1 is 1.06 bits per heavy atom. The average molecular weight is 433 g/mol. The number of amides is 1. The van der Waals surface area contributed by atoms with Crippen molar-refractivity contribution in [1.29, 1.82) is 0 Å². The molecule has 31 heavy (non-hydrogen) atoms. The van der Waals surface area contributed by atoms with Crippen LogP contribution < -0.4 is 5.32 Å². The van der Waals surface area contributed by atoms with E-state index < -0.39 is 11.7 Å². The highest BCUT2D eigenvalue weighted by Crippen LogP contribution is 2.25. The van der Waals surface area contributed by atoms with E-state index in [9.17, 15) is 9.18 Å². The number of benzene rings is 2. The predicted molar refractivity (Wildman–Crippen MR) is 119 cm³/mol. The molecule has 4 aromatic rings. The number of pyridine rings is 1. The van der Waals surface area contributed by atoms with Crippen molar-refractivity contribution in [1.82, 2.24) is 15.0 Å². The molecule has 0 radical (unpaired) electrons. The largest absolute Gasteiger partial charge is 0.319 e. The van der Waals surface area contributed by atoms with Gasteiger partial charge in [-0.3, -0.25) is 9.78 Å². The fourth-order valence-corrected chi connectivity index (χ4v) is 3.41. The molecule has 154 valence electrons. The molecule has 5 nitrogen and oxygen atoms in total. The molecule has 1 N–H and O–H groups in total. The number of halogens is 2.